The Bertz CT molecular complexity index is 1060. The first-order valence-corrected chi connectivity index (χ1v) is 11.3. The summed E-state index contributed by atoms with van der Waals surface area (Å²) in [4.78, 5) is 48.6. The molecule has 3 amide bonds. The van der Waals surface area contributed by atoms with Crippen molar-refractivity contribution in [2.45, 2.75) is 13.3 Å². The standard InChI is InChI=1S/C24H29N6O4/c1-15-20(21(22(26)32)28-24(27-15)34-14-19(25)31)23(33)30-12-17-10-29(11-18(17)13-30)9-5-8-16-6-3-2-4-7-16/h2-4,6-8,17-18H,5,9-14H2,1H3,(H2,25,31)(H2,26,32)/t17-,18?/m0/s1. The lowest BCUT2D eigenvalue weighted by Crippen LogP contribution is -2.35. The van der Waals surface area contributed by atoms with Gasteiger partial charge in [-0.05, 0) is 43.7 Å². The smallest absolute Gasteiger partial charge is 0.317 e. The molecule has 1 unspecified atom stereocenters. The fourth-order valence-corrected chi connectivity index (χ4v) is 4.78. The normalized spacial score (nSPS) is 19.7. The van der Waals surface area contributed by atoms with Crippen molar-refractivity contribution in [3.8, 4) is 6.01 Å². The largest absolute Gasteiger partial charge is 0.453 e. The van der Waals surface area contributed by atoms with Crippen LogP contribution in [0.2, 0.25) is 0 Å². The van der Waals surface area contributed by atoms with Gasteiger partial charge in [0.2, 0.25) is 0 Å². The van der Waals surface area contributed by atoms with Crippen LogP contribution in [0.15, 0.2) is 30.3 Å². The van der Waals surface area contributed by atoms with Gasteiger partial charge in [0.25, 0.3) is 17.7 Å². The Hall–Kier alpha value is -3.53. The minimum absolute atomic E-state index is 0.0771. The zero-order valence-corrected chi connectivity index (χ0v) is 19.1. The molecule has 1 radical (unpaired) electrons. The van der Waals surface area contributed by atoms with Crippen molar-refractivity contribution < 1.29 is 19.1 Å². The van der Waals surface area contributed by atoms with Crippen LogP contribution < -0.4 is 16.2 Å². The van der Waals surface area contributed by atoms with Gasteiger partial charge >= 0.3 is 6.01 Å². The highest BCUT2D eigenvalue weighted by atomic mass is 16.5. The molecule has 10 heteroatoms. The monoisotopic (exact) mass is 465 g/mol. The number of hydrogen-bond acceptors (Lipinski definition) is 7. The molecule has 0 bridgehead atoms. The molecule has 4 rings (SSSR count). The van der Waals surface area contributed by atoms with E-state index in [-0.39, 0.29) is 28.9 Å². The number of primary amides is 2. The fraction of sp³-hybridized carbons (Fsp3) is 0.417. The van der Waals surface area contributed by atoms with E-state index in [2.05, 4.69) is 33.4 Å². The SMILES string of the molecule is Cc1nc(OCC(N)=O)nc(C(N)=O)c1C(=O)N1CC2CN(CC[CH]c3ccccc3)C[C@H]2C1. The van der Waals surface area contributed by atoms with E-state index in [1.165, 1.54) is 5.56 Å². The Labute approximate surface area is 198 Å². The van der Waals surface area contributed by atoms with Crippen LogP contribution in [0.1, 0.15) is 38.5 Å². The lowest BCUT2D eigenvalue weighted by atomic mass is 10.0. The molecule has 2 aromatic rings. The van der Waals surface area contributed by atoms with Gasteiger partial charge in [0.05, 0.1) is 11.3 Å². The van der Waals surface area contributed by atoms with Crippen molar-refractivity contribution in [1.29, 1.82) is 0 Å². The van der Waals surface area contributed by atoms with Gasteiger partial charge in [-0.3, -0.25) is 14.4 Å². The number of likely N-dealkylation sites (tertiary alicyclic amines) is 2. The van der Waals surface area contributed by atoms with E-state index in [1.54, 1.807) is 11.8 Å². The fourth-order valence-electron chi connectivity index (χ4n) is 4.78. The number of nitrogens with zero attached hydrogens (tertiary/aromatic N) is 4. The van der Waals surface area contributed by atoms with Gasteiger partial charge < -0.3 is 26.0 Å². The molecule has 2 saturated heterocycles. The summed E-state index contributed by atoms with van der Waals surface area (Å²) in [5.74, 6) is -1.11. The van der Waals surface area contributed by atoms with Crippen LogP contribution in [0, 0.1) is 25.2 Å². The molecule has 179 valence electrons. The van der Waals surface area contributed by atoms with Crippen LogP contribution in [-0.2, 0) is 4.79 Å². The van der Waals surface area contributed by atoms with Gasteiger partial charge in [-0.25, -0.2) is 0 Å². The van der Waals surface area contributed by atoms with Gasteiger partial charge in [0, 0.05) is 26.2 Å². The third kappa shape index (κ3) is 5.33. The van der Waals surface area contributed by atoms with Crippen LogP contribution in [0.5, 0.6) is 6.01 Å². The number of benzene rings is 1. The maximum Gasteiger partial charge on any atom is 0.317 e. The summed E-state index contributed by atoms with van der Waals surface area (Å²) in [7, 11) is 0. The minimum Gasteiger partial charge on any atom is -0.453 e. The minimum atomic E-state index is -0.863. The summed E-state index contributed by atoms with van der Waals surface area (Å²) in [6, 6.07) is 10.1. The second-order valence-electron chi connectivity index (χ2n) is 8.83. The first-order valence-electron chi connectivity index (χ1n) is 11.3. The first kappa shape index (κ1) is 23.6. The number of ether oxygens (including phenoxy) is 1. The highest BCUT2D eigenvalue weighted by Gasteiger charge is 2.42. The summed E-state index contributed by atoms with van der Waals surface area (Å²) in [5.41, 5.74) is 11.9. The van der Waals surface area contributed by atoms with E-state index >= 15 is 0 Å². The van der Waals surface area contributed by atoms with Crippen molar-refractivity contribution in [1.82, 2.24) is 19.8 Å². The lowest BCUT2D eigenvalue weighted by molar-refractivity contribution is -0.120. The summed E-state index contributed by atoms with van der Waals surface area (Å²) in [6.45, 7) is 5.23. The van der Waals surface area contributed by atoms with E-state index < -0.39 is 18.4 Å². The van der Waals surface area contributed by atoms with E-state index in [4.69, 9.17) is 16.2 Å². The molecule has 2 fully saturated rings. The highest BCUT2D eigenvalue weighted by molar-refractivity contribution is 6.06. The van der Waals surface area contributed by atoms with Gasteiger partial charge in [0.15, 0.2) is 6.61 Å². The number of aryl methyl sites for hydroxylation is 1. The Balaban J connectivity index is 1.36. The number of amides is 3. The quantitative estimate of drug-likeness (QED) is 0.545. The third-order valence-electron chi connectivity index (χ3n) is 6.33. The van der Waals surface area contributed by atoms with Gasteiger partial charge in [-0.2, -0.15) is 9.97 Å². The number of nitrogens with two attached hydrogens (primary N) is 2. The number of rotatable bonds is 9. The predicted octanol–water partition coefficient (Wildman–Crippen LogP) is 0.395. The molecule has 1 aromatic heterocycles. The van der Waals surface area contributed by atoms with Crippen LogP contribution in [-0.4, -0.2) is 76.8 Å². The van der Waals surface area contributed by atoms with Crippen molar-refractivity contribution in [2.75, 3.05) is 39.3 Å². The Kier molecular flexibility index (Phi) is 7.06. The molecule has 3 heterocycles. The Morgan fingerprint density at radius 1 is 1.06 bits per heavy atom. The molecule has 4 N–H and O–H groups in total. The number of hydrogen-bond donors (Lipinski definition) is 2. The summed E-state index contributed by atoms with van der Waals surface area (Å²) in [6.07, 6.45) is 3.23. The molecular weight excluding hydrogens is 436 g/mol. The topological polar surface area (TPSA) is 145 Å². The molecule has 0 saturated carbocycles. The third-order valence-corrected chi connectivity index (χ3v) is 6.33. The van der Waals surface area contributed by atoms with Crippen molar-refractivity contribution in [2.24, 2.45) is 23.3 Å². The first-order chi connectivity index (χ1) is 16.3. The lowest BCUT2D eigenvalue weighted by Gasteiger charge is -2.22. The van der Waals surface area contributed by atoms with Crippen LogP contribution in [0.4, 0.5) is 0 Å². The van der Waals surface area contributed by atoms with E-state index in [0.717, 1.165) is 26.1 Å². The van der Waals surface area contributed by atoms with Crippen LogP contribution in [0.25, 0.3) is 0 Å². The zero-order chi connectivity index (χ0) is 24.2. The molecule has 2 atom stereocenters. The Morgan fingerprint density at radius 3 is 2.35 bits per heavy atom. The zero-order valence-electron chi connectivity index (χ0n) is 19.1. The van der Waals surface area contributed by atoms with Gasteiger partial charge in [0.1, 0.15) is 5.69 Å². The highest BCUT2D eigenvalue weighted by Crippen LogP contribution is 2.32. The maximum absolute atomic E-state index is 13.3. The molecule has 10 nitrogen and oxygen atoms in total. The van der Waals surface area contributed by atoms with Crippen molar-refractivity contribution >= 4 is 17.7 Å². The molecule has 2 aliphatic rings. The summed E-state index contributed by atoms with van der Waals surface area (Å²) in [5, 5.41) is 0. The second-order valence-corrected chi connectivity index (χ2v) is 8.83. The van der Waals surface area contributed by atoms with E-state index in [0.29, 0.717) is 24.9 Å². The number of aromatic nitrogens is 2. The van der Waals surface area contributed by atoms with Gasteiger partial charge in [-0.15, -0.1) is 0 Å². The summed E-state index contributed by atoms with van der Waals surface area (Å²) >= 11 is 0. The molecule has 0 spiro atoms. The second kappa shape index (κ2) is 10.2. The maximum atomic E-state index is 13.3. The predicted molar refractivity (Wildman–Crippen MR) is 124 cm³/mol. The van der Waals surface area contributed by atoms with Crippen molar-refractivity contribution in [3.63, 3.8) is 0 Å². The van der Waals surface area contributed by atoms with E-state index in [9.17, 15) is 14.4 Å². The molecule has 2 aliphatic heterocycles. The molecule has 1 aromatic carbocycles. The number of fused-ring (bicyclic) bond motifs is 1. The average Bonchev–Trinajstić information content (AvgIpc) is 3.36. The number of carbonyl (C=O) groups is 3. The summed E-state index contributed by atoms with van der Waals surface area (Å²) < 4.78 is 5.09. The van der Waals surface area contributed by atoms with E-state index in [1.807, 2.05) is 18.2 Å². The molecule has 34 heavy (non-hydrogen) atoms. The Morgan fingerprint density at radius 2 is 1.74 bits per heavy atom. The van der Waals surface area contributed by atoms with Crippen LogP contribution >= 0.6 is 0 Å². The molecule has 0 aliphatic carbocycles. The molecular formula is C24H29N6O4. The average molecular weight is 466 g/mol. The van der Waals surface area contributed by atoms with Gasteiger partial charge in [-0.1, -0.05) is 30.3 Å². The van der Waals surface area contributed by atoms with Crippen LogP contribution in [0.3, 0.4) is 0 Å². The van der Waals surface area contributed by atoms with Crippen molar-refractivity contribution in [3.05, 3.63) is 59.3 Å². The number of carbonyl (C=O) groups excluding carboxylic acids is 3.